The lowest BCUT2D eigenvalue weighted by Crippen LogP contribution is -2.34. The van der Waals surface area contributed by atoms with Gasteiger partial charge in [0, 0.05) is 42.4 Å². The van der Waals surface area contributed by atoms with E-state index in [4.69, 9.17) is 5.73 Å². The lowest BCUT2D eigenvalue weighted by Gasteiger charge is -2.28. The van der Waals surface area contributed by atoms with E-state index in [0.717, 1.165) is 24.6 Å². The van der Waals surface area contributed by atoms with E-state index in [9.17, 15) is 22.0 Å². The van der Waals surface area contributed by atoms with Gasteiger partial charge in [-0.15, -0.1) is 0 Å². The summed E-state index contributed by atoms with van der Waals surface area (Å²) in [6.07, 6.45) is -0.690. The summed E-state index contributed by atoms with van der Waals surface area (Å²) in [5.41, 5.74) is 5.61. The molecule has 2 fully saturated rings. The number of nitrogens with zero attached hydrogens (tertiary/aromatic N) is 6. The minimum Gasteiger partial charge on any atom is -0.383 e. The first-order valence-electron chi connectivity index (χ1n) is 11.0. The number of anilines is 1. The second kappa shape index (κ2) is 6.96. The summed E-state index contributed by atoms with van der Waals surface area (Å²) in [5.74, 6) is -3.70. The number of likely N-dealkylation sites (tertiary alicyclic amines) is 1. The molecule has 3 aromatic heterocycles. The van der Waals surface area contributed by atoms with Crippen LogP contribution in [0.3, 0.4) is 0 Å². The van der Waals surface area contributed by atoms with Crippen LogP contribution in [0.4, 0.5) is 27.8 Å². The van der Waals surface area contributed by atoms with E-state index in [-0.39, 0.29) is 17.4 Å². The van der Waals surface area contributed by atoms with Gasteiger partial charge >= 0.3 is 6.18 Å². The lowest BCUT2D eigenvalue weighted by molar-refractivity contribution is -0.137. The standard InChI is InChI=1S/C21H21F5N8/c22-20(23)7-13(20)16(18-29-10-30-31-18)33-3-1-19(9-33)2-4-34-15(19)6-14(32-34)11-5-12(21(24,25)26)17(27)28-8-11/h5-6,8,10,13,16H,1-4,7,9H2,(H2,27,28)(H,29,30,31). The van der Waals surface area contributed by atoms with Crippen LogP contribution in [0, 0.1) is 5.92 Å². The first-order valence-corrected chi connectivity index (χ1v) is 11.0. The summed E-state index contributed by atoms with van der Waals surface area (Å²) in [6, 6.07) is 2.19. The van der Waals surface area contributed by atoms with Gasteiger partial charge in [-0.3, -0.25) is 14.7 Å². The zero-order valence-corrected chi connectivity index (χ0v) is 17.9. The molecule has 1 saturated carbocycles. The van der Waals surface area contributed by atoms with Gasteiger partial charge in [0.25, 0.3) is 5.92 Å². The number of aryl methyl sites for hydroxylation is 1. The monoisotopic (exact) mass is 480 g/mol. The Morgan fingerprint density at radius 3 is 2.59 bits per heavy atom. The maximum absolute atomic E-state index is 14.0. The number of nitrogen functional groups attached to an aromatic ring is 1. The van der Waals surface area contributed by atoms with Gasteiger partial charge in [-0.25, -0.2) is 18.7 Å². The summed E-state index contributed by atoms with van der Waals surface area (Å²) < 4.78 is 69.7. The zero-order valence-electron chi connectivity index (χ0n) is 17.9. The van der Waals surface area contributed by atoms with Crippen LogP contribution in [0.1, 0.15) is 42.4 Å². The second-order valence-corrected chi connectivity index (χ2v) is 9.43. The molecule has 3 unspecified atom stereocenters. The van der Waals surface area contributed by atoms with E-state index in [0.29, 0.717) is 31.2 Å². The van der Waals surface area contributed by atoms with Crippen LogP contribution in [0.25, 0.3) is 11.3 Å². The van der Waals surface area contributed by atoms with Crippen LogP contribution in [0.15, 0.2) is 24.7 Å². The van der Waals surface area contributed by atoms with Gasteiger partial charge in [-0.2, -0.15) is 23.4 Å². The van der Waals surface area contributed by atoms with Gasteiger partial charge in [-0.05, 0) is 31.5 Å². The normalized spacial score (nSPS) is 26.8. The Bertz CT molecular complexity index is 1240. The molecule has 0 aromatic carbocycles. The number of hydrogen-bond acceptors (Lipinski definition) is 6. The lowest BCUT2D eigenvalue weighted by atomic mass is 9.82. The molecule has 5 heterocycles. The van der Waals surface area contributed by atoms with Crippen molar-refractivity contribution < 1.29 is 22.0 Å². The van der Waals surface area contributed by atoms with Crippen LogP contribution < -0.4 is 5.73 Å². The number of pyridine rings is 1. The van der Waals surface area contributed by atoms with E-state index in [2.05, 4.69) is 25.3 Å². The Morgan fingerprint density at radius 2 is 1.91 bits per heavy atom. The number of halogens is 5. The van der Waals surface area contributed by atoms with Crippen molar-refractivity contribution in [1.29, 1.82) is 0 Å². The average Bonchev–Trinajstić information content (AvgIpc) is 3.35. The SMILES string of the molecule is Nc1ncc(-c2cc3n(n2)CCC32CCN(C(c3ncn[nH]3)C3CC3(F)F)C2)cc1C(F)(F)F. The highest BCUT2D eigenvalue weighted by Crippen LogP contribution is 2.58. The number of nitrogens with one attached hydrogen (secondary N) is 1. The van der Waals surface area contributed by atoms with Gasteiger partial charge in [0.05, 0.1) is 23.2 Å². The molecule has 0 bridgehead atoms. The summed E-state index contributed by atoms with van der Waals surface area (Å²) in [6.45, 7) is 1.73. The summed E-state index contributed by atoms with van der Waals surface area (Å²) in [4.78, 5) is 9.90. The fourth-order valence-electron chi connectivity index (χ4n) is 5.55. The highest BCUT2D eigenvalue weighted by atomic mass is 19.4. The number of alkyl halides is 5. The molecule has 1 spiro atoms. The molecule has 3 N–H and O–H groups in total. The number of hydrogen-bond donors (Lipinski definition) is 2. The van der Waals surface area contributed by atoms with E-state index >= 15 is 0 Å². The van der Waals surface area contributed by atoms with E-state index in [1.54, 1.807) is 10.7 Å². The topological polar surface area (TPSA) is 102 Å². The highest BCUT2D eigenvalue weighted by molar-refractivity contribution is 5.63. The number of aromatic nitrogens is 6. The third-order valence-electron chi connectivity index (χ3n) is 7.39. The van der Waals surface area contributed by atoms with Crippen LogP contribution in [-0.2, 0) is 18.1 Å². The van der Waals surface area contributed by atoms with Crippen LogP contribution in [0.2, 0.25) is 0 Å². The van der Waals surface area contributed by atoms with Crippen molar-refractivity contribution in [2.45, 2.75) is 49.4 Å². The predicted octanol–water partition coefficient (Wildman–Crippen LogP) is 3.41. The number of aromatic amines is 1. The van der Waals surface area contributed by atoms with Crippen molar-refractivity contribution in [3.8, 4) is 11.3 Å². The molecule has 180 valence electrons. The van der Waals surface area contributed by atoms with Crippen molar-refractivity contribution in [2.24, 2.45) is 5.92 Å². The maximum atomic E-state index is 14.0. The summed E-state index contributed by atoms with van der Waals surface area (Å²) in [5, 5.41) is 11.1. The molecule has 34 heavy (non-hydrogen) atoms. The molecule has 3 aliphatic rings. The molecule has 1 aliphatic carbocycles. The van der Waals surface area contributed by atoms with Gasteiger partial charge in [-0.1, -0.05) is 0 Å². The average molecular weight is 480 g/mol. The molecule has 8 nitrogen and oxygen atoms in total. The van der Waals surface area contributed by atoms with Crippen LogP contribution in [0.5, 0.6) is 0 Å². The van der Waals surface area contributed by atoms with Gasteiger partial charge in [0.2, 0.25) is 0 Å². The molecule has 13 heteroatoms. The number of rotatable bonds is 4. The molecular weight excluding hydrogens is 459 g/mol. The van der Waals surface area contributed by atoms with E-state index in [1.165, 1.54) is 12.5 Å². The molecule has 2 aliphatic heterocycles. The van der Waals surface area contributed by atoms with Crippen LogP contribution in [-0.4, -0.2) is 53.9 Å². The molecule has 6 rings (SSSR count). The second-order valence-electron chi connectivity index (χ2n) is 9.43. The van der Waals surface area contributed by atoms with Crippen molar-refractivity contribution in [3.05, 3.63) is 41.7 Å². The van der Waals surface area contributed by atoms with Gasteiger partial charge < -0.3 is 5.73 Å². The third-order valence-corrected chi connectivity index (χ3v) is 7.39. The Labute approximate surface area is 190 Å². The maximum Gasteiger partial charge on any atom is 0.419 e. The Morgan fingerprint density at radius 1 is 1.15 bits per heavy atom. The Balaban J connectivity index is 1.30. The predicted molar refractivity (Wildman–Crippen MR) is 110 cm³/mol. The summed E-state index contributed by atoms with van der Waals surface area (Å²) in [7, 11) is 0. The number of H-pyrrole nitrogens is 1. The van der Waals surface area contributed by atoms with Crippen molar-refractivity contribution in [1.82, 2.24) is 34.8 Å². The number of fused-ring (bicyclic) bond motifs is 2. The minimum atomic E-state index is -4.62. The molecule has 0 radical (unpaired) electrons. The molecule has 1 saturated heterocycles. The fourth-order valence-corrected chi connectivity index (χ4v) is 5.55. The number of nitrogens with two attached hydrogens (primary N) is 1. The first kappa shape index (κ1) is 21.4. The largest absolute Gasteiger partial charge is 0.419 e. The first-order chi connectivity index (χ1) is 16.1. The van der Waals surface area contributed by atoms with Gasteiger partial charge in [0.15, 0.2) is 0 Å². The molecule has 3 atom stereocenters. The van der Waals surface area contributed by atoms with Crippen molar-refractivity contribution in [2.75, 3.05) is 18.8 Å². The third kappa shape index (κ3) is 3.28. The van der Waals surface area contributed by atoms with E-state index in [1.807, 2.05) is 4.90 Å². The van der Waals surface area contributed by atoms with Crippen molar-refractivity contribution in [3.63, 3.8) is 0 Å². The smallest absolute Gasteiger partial charge is 0.383 e. The Hall–Kier alpha value is -3.09. The molecule has 0 amide bonds. The fraction of sp³-hybridized carbons (Fsp3) is 0.524. The Kier molecular flexibility index (Phi) is 4.39. The van der Waals surface area contributed by atoms with E-state index < -0.39 is 35.4 Å². The summed E-state index contributed by atoms with van der Waals surface area (Å²) >= 11 is 0. The molecular formula is C21H21F5N8. The van der Waals surface area contributed by atoms with Gasteiger partial charge in [0.1, 0.15) is 18.0 Å². The zero-order chi connectivity index (χ0) is 23.9. The minimum absolute atomic E-state index is 0.185. The molecule has 3 aromatic rings. The quantitative estimate of drug-likeness (QED) is 0.555. The van der Waals surface area contributed by atoms with Crippen molar-refractivity contribution >= 4 is 5.82 Å². The highest BCUT2D eigenvalue weighted by Gasteiger charge is 2.63. The van der Waals surface area contributed by atoms with Crippen LogP contribution >= 0.6 is 0 Å².